The monoisotopic (exact) mass is 406 g/mol. The molecule has 1 saturated heterocycles. The van der Waals surface area contributed by atoms with Gasteiger partial charge in [-0.05, 0) is 31.9 Å². The molecule has 1 heterocycles. The summed E-state index contributed by atoms with van der Waals surface area (Å²) in [4.78, 5) is 49.3. The summed E-state index contributed by atoms with van der Waals surface area (Å²) in [6.45, 7) is 2.25. The van der Waals surface area contributed by atoms with Gasteiger partial charge in [-0.15, -0.1) is 0 Å². The van der Waals surface area contributed by atoms with Crippen molar-refractivity contribution in [2.45, 2.75) is 19.8 Å². The second-order valence-electron chi connectivity index (χ2n) is 6.45. The lowest BCUT2D eigenvalue weighted by Crippen LogP contribution is -2.42. The van der Waals surface area contributed by atoms with Gasteiger partial charge in [-0.25, -0.2) is 0 Å². The fourth-order valence-corrected chi connectivity index (χ4v) is 3.00. The third-order valence-electron chi connectivity index (χ3n) is 4.56. The molecule has 2 amide bonds. The first-order valence-electron chi connectivity index (χ1n) is 9.47. The quantitative estimate of drug-likeness (QED) is 0.635. The molecule has 29 heavy (non-hydrogen) atoms. The van der Waals surface area contributed by atoms with E-state index in [-0.39, 0.29) is 24.3 Å². The smallest absolute Gasteiger partial charge is 0.325 e. The fourth-order valence-electron chi connectivity index (χ4n) is 3.00. The van der Waals surface area contributed by atoms with E-state index in [0.717, 1.165) is 0 Å². The van der Waals surface area contributed by atoms with Crippen LogP contribution in [0.1, 0.15) is 30.1 Å². The summed E-state index contributed by atoms with van der Waals surface area (Å²) >= 11 is 0. The summed E-state index contributed by atoms with van der Waals surface area (Å²) in [7, 11) is 1.34. The van der Waals surface area contributed by atoms with Crippen LogP contribution >= 0.6 is 0 Å². The molecular formula is C20H26N2O7. The predicted octanol–water partition coefficient (Wildman–Crippen LogP) is 0.770. The molecule has 0 aromatic heterocycles. The van der Waals surface area contributed by atoms with E-state index in [1.807, 2.05) is 0 Å². The Balaban J connectivity index is 1.73. The van der Waals surface area contributed by atoms with E-state index in [1.54, 1.807) is 36.1 Å². The third kappa shape index (κ3) is 6.48. The number of piperidine rings is 1. The zero-order valence-electron chi connectivity index (χ0n) is 16.6. The number of methoxy groups -OCH3 is 1. The maximum absolute atomic E-state index is 12.2. The molecule has 0 saturated carbocycles. The van der Waals surface area contributed by atoms with E-state index in [9.17, 15) is 19.2 Å². The molecular weight excluding hydrogens is 380 g/mol. The Hall–Kier alpha value is -3.10. The van der Waals surface area contributed by atoms with Crippen molar-refractivity contribution >= 4 is 23.8 Å². The van der Waals surface area contributed by atoms with E-state index in [0.29, 0.717) is 43.9 Å². The molecule has 9 nitrogen and oxygen atoms in total. The molecule has 1 fully saturated rings. The number of para-hydroxylation sites is 1. The van der Waals surface area contributed by atoms with Crippen LogP contribution in [0.2, 0.25) is 0 Å². The Morgan fingerprint density at radius 1 is 1.14 bits per heavy atom. The Morgan fingerprint density at radius 3 is 2.48 bits per heavy atom. The first-order chi connectivity index (χ1) is 14.0. The number of rotatable bonds is 8. The molecule has 158 valence electrons. The number of carbonyl (C=O) groups is 4. The molecule has 0 bridgehead atoms. The highest BCUT2D eigenvalue weighted by Crippen LogP contribution is 2.19. The van der Waals surface area contributed by atoms with Crippen molar-refractivity contribution in [3.8, 4) is 5.75 Å². The van der Waals surface area contributed by atoms with Crippen molar-refractivity contribution < 1.29 is 33.4 Å². The zero-order chi connectivity index (χ0) is 21.2. The van der Waals surface area contributed by atoms with Gasteiger partial charge in [0.05, 0.1) is 25.2 Å². The molecule has 0 unspecified atom stereocenters. The van der Waals surface area contributed by atoms with Crippen LogP contribution in [0.25, 0.3) is 0 Å². The van der Waals surface area contributed by atoms with E-state index in [4.69, 9.17) is 14.2 Å². The van der Waals surface area contributed by atoms with Crippen LogP contribution in [0.15, 0.2) is 24.3 Å². The van der Waals surface area contributed by atoms with Crippen LogP contribution < -0.4 is 10.1 Å². The van der Waals surface area contributed by atoms with Gasteiger partial charge in [-0.3, -0.25) is 19.2 Å². The van der Waals surface area contributed by atoms with Crippen LogP contribution in [-0.2, 0) is 23.9 Å². The number of likely N-dealkylation sites (tertiary alicyclic amines) is 1. The van der Waals surface area contributed by atoms with Crippen LogP contribution in [0, 0.1) is 5.92 Å². The molecule has 1 N–H and O–H groups in total. The third-order valence-corrected chi connectivity index (χ3v) is 4.56. The normalized spacial score (nSPS) is 14.1. The highest BCUT2D eigenvalue weighted by atomic mass is 16.5. The van der Waals surface area contributed by atoms with Crippen molar-refractivity contribution in [1.82, 2.24) is 10.2 Å². The minimum absolute atomic E-state index is 0.207. The summed E-state index contributed by atoms with van der Waals surface area (Å²) in [5.74, 6) is -1.58. The Kier molecular flexibility index (Phi) is 8.45. The largest absolute Gasteiger partial charge is 0.493 e. The topological polar surface area (TPSA) is 111 Å². The maximum atomic E-state index is 12.2. The number of hydrogen-bond donors (Lipinski definition) is 1. The van der Waals surface area contributed by atoms with Gasteiger partial charge in [-0.2, -0.15) is 0 Å². The van der Waals surface area contributed by atoms with Gasteiger partial charge in [-0.1, -0.05) is 12.1 Å². The van der Waals surface area contributed by atoms with Gasteiger partial charge in [0.1, 0.15) is 12.3 Å². The molecule has 0 aliphatic carbocycles. The first-order valence-corrected chi connectivity index (χ1v) is 9.47. The van der Waals surface area contributed by atoms with Crippen molar-refractivity contribution in [1.29, 1.82) is 0 Å². The van der Waals surface area contributed by atoms with Crippen molar-refractivity contribution in [2.75, 3.05) is 40.0 Å². The molecule has 0 radical (unpaired) electrons. The van der Waals surface area contributed by atoms with E-state index >= 15 is 0 Å². The highest BCUT2D eigenvalue weighted by molar-refractivity contribution is 5.98. The van der Waals surface area contributed by atoms with Crippen LogP contribution in [0.5, 0.6) is 5.75 Å². The lowest BCUT2D eigenvalue weighted by molar-refractivity contribution is -0.153. The Labute approximate surface area is 169 Å². The number of amides is 2. The molecule has 1 aromatic rings. The Bertz CT molecular complexity index is 742. The number of ether oxygens (including phenoxy) is 3. The average molecular weight is 406 g/mol. The van der Waals surface area contributed by atoms with Gasteiger partial charge in [0.2, 0.25) is 0 Å². The number of carbonyl (C=O) groups excluding carboxylic acids is 4. The number of hydrogen-bond acceptors (Lipinski definition) is 7. The number of nitrogens with one attached hydrogen (secondary N) is 1. The standard InChI is InChI=1S/C20H26N2O7/c1-3-28-16-7-5-4-6-15(16)19(25)21-12-18(24)29-13-17(23)22-10-8-14(9-11-22)20(26)27-2/h4-7,14H,3,8-13H2,1-2H3,(H,21,25). The summed E-state index contributed by atoms with van der Waals surface area (Å²) in [6.07, 6.45) is 1.03. The van der Waals surface area contributed by atoms with Crippen LogP contribution in [0.4, 0.5) is 0 Å². The Morgan fingerprint density at radius 2 is 1.83 bits per heavy atom. The molecule has 0 atom stereocenters. The molecule has 0 spiro atoms. The summed E-state index contributed by atoms with van der Waals surface area (Å²) in [5.41, 5.74) is 0.312. The number of benzene rings is 1. The van der Waals surface area contributed by atoms with Gasteiger partial charge in [0.25, 0.3) is 11.8 Å². The zero-order valence-corrected chi connectivity index (χ0v) is 16.6. The maximum Gasteiger partial charge on any atom is 0.325 e. The average Bonchev–Trinajstić information content (AvgIpc) is 2.76. The molecule has 2 rings (SSSR count). The second kappa shape index (κ2) is 11.0. The minimum Gasteiger partial charge on any atom is -0.493 e. The minimum atomic E-state index is -0.718. The van der Waals surface area contributed by atoms with E-state index in [1.165, 1.54) is 7.11 Å². The number of nitrogens with zero attached hydrogens (tertiary/aromatic N) is 1. The fraction of sp³-hybridized carbons (Fsp3) is 0.500. The summed E-state index contributed by atoms with van der Waals surface area (Å²) in [5, 5.41) is 2.46. The SMILES string of the molecule is CCOc1ccccc1C(=O)NCC(=O)OCC(=O)N1CCC(C(=O)OC)CC1. The van der Waals surface area contributed by atoms with Gasteiger partial charge >= 0.3 is 11.9 Å². The lowest BCUT2D eigenvalue weighted by atomic mass is 9.97. The molecule has 9 heteroatoms. The van der Waals surface area contributed by atoms with Crippen LogP contribution in [-0.4, -0.2) is 68.6 Å². The van der Waals surface area contributed by atoms with Crippen molar-refractivity contribution in [3.05, 3.63) is 29.8 Å². The first kappa shape index (κ1) is 22.2. The molecule has 1 aliphatic heterocycles. The molecule has 1 aliphatic rings. The molecule has 1 aromatic carbocycles. The van der Waals surface area contributed by atoms with Crippen molar-refractivity contribution in [3.63, 3.8) is 0 Å². The number of esters is 2. The second-order valence-corrected chi connectivity index (χ2v) is 6.45. The van der Waals surface area contributed by atoms with Gasteiger partial charge in [0.15, 0.2) is 6.61 Å². The highest BCUT2D eigenvalue weighted by Gasteiger charge is 2.28. The lowest BCUT2D eigenvalue weighted by Gasteiger charge is -2.30. The predicted molar refractivity (Wildman–Crippen MR) is 102 cm³/mol. The summed E-state index contributed by atoms with van der Waals surface area (Å²) in [6, 6.07) is 6.69. The van der Waals surface area contributed by atoms with Gasteiger partial charge in [0, 0.05) is 13.1 Å². The van der Waals surface area contributed by atoms with E-state index in [2.05, 4.69) is 5.32 Å². The van der Waals surface area contributed by atoms with Crippen LogP contribution in [0.3, 0.4) is 0 Å². The summed E-state index contributed by atoms with van der Waals surface area (Å²) < 4.78 is 15.0. The van der Waals surface area contributed by atoms with Gasteiger partial charge < -0.3 is 24.4 Å². The van der Waals surface area contributed by atoms with Crippen molar-refractivity contribution in [2.24, 2.45) is 5.92 Å². The van der Waals surface area contributed by atoms with E-state index < -0.39 is 18.5 Å².